The van der Waals surface area contributed by atoms with Crippen LogP contribution in [0.15, 0.2) is 12.1 Å². The number of amides is 1. The van der Waals surface area contributed by atoms with Gasteiger partial charge in [-0.1, -0.05) is 0 Å². The number of nitrogens with one attached hydrogen (secondary N) is 1. The zero-order valence-electron chi connectivity index (χ0n) is 10.9. The highest BCUT2D eigenvalue weighted by Crippen LogP contribution is 2.22. The number of morpholine rings is 1. The van der Waals surface area contributed by atoms with Gasteiger partial charge < -0.3 is 15.0 Å². The maximum absolute atomic E-state index is 13.6. The van der Waals surface area contributed by atoms with Gasteiger partial charge in [-0.15, -0.1) is 0 Å². The minimum Gasteiger partial charge on any atom is -0.383 e. The van der Waals surface area contributed by atoms with Crippen LogP contribution in [0, 0.1) is 11.6 Å². The first kappa shape index (κ1) is 13.7. The van der Waals surface area contributed by atoms with E-state index < -0.39 is 11.6 Å². The van der Waals surface area contributed by atoms with E-state index in [0.717, 1.165) is 12.1 Å². The van der Waals surface area contributed by atoms with Crippen LogP contribution in [-0.2, 0) is 4.74 Å². The molecule has 6 heteroatoms. The van der Waals surface area contributed by atoms with Crippen molar-refractivity contribution in [1.82, 2.24) is 4.90 Å². The van der Waals surface area contributed by atoms with E-state index in [1.165, 1.54) is 7.05 Å². The molecule has 1 saturated heterocycles. The third-order valence-electron chi connectivity index (χ3n) is 3.17. The van der Waals surface area contributed by atoms with E-state index in [1.54, 1.807) is 4.90 Å². The Morgan fingerprint density at radius 2 is 2.05 bits per heavy atom. The summed E-state index contributed by atoms with van der Waals surface area (Å²) in [6, 6.07) is 2.01. The molecule has 1 amide bonds. The molecule has 1 atom stereocenters. The van der Waals surface area contributed by atoms with Crippen molar-refractivity contribution in [2.75, 3.05) is 32.1 Å². The summed E-state index contributed by atoms with van der Waals surface area (Å²) in [7, 11) is 1.42. The Bertz CT molecular complexity index is 471. The number of carbonyl (C=O) groups excluding carboxylic acids is 1. The fraction of sp³-hybridized carbons (Fsp3) is 0.462. The van der Waals surface area contributed by atoms with Crippen molar-refractivity contribution in [3.8, 4) is 0 Å². The molecule has 4 nitrogen and oxygen atoms in total. The standard InChI is InChI=1S/C13H16F2N2O2/c1-8-7-19-4-3-17(8)13(18)9-5-10(14)12(16-2)11(15)6-9/h5-6,8,16H,3-4,7H2,1-2H3. The van der Waals surface area contributed by atoms with Gasteiger partial charge in [0.25, 0.3) is 5.91 Å². The number of hydrogen-bond acceptors (Lipinski definition) is 3. The largest absolute Gasteiger partial charge is 0.383 e. The summed E-state index contributed by atoms with van der Waals surface area (Å²) in [5.41, 5.74) is -0.214. The summed E-state index contributed by atoms with van der Waals surface area (Å²) < 4.78 is 32.5. The average Bonchev–Trinajstić information content (AvgIpc) is 2.38. The fourth-order valence-electron chi connectivity index (χ4n) is 2.13. The molecular weight excluding hydrogens is 254 g/mol. The molecule has 104 valence electrons. The van der Waals surface area contributed by atoms with Crippen LogP contribution in [0.4, 0.5) is 14.5 Å². The highest BCUT2D eigenvalue weighted by molar-refractivity contribution is 5.95. The van der Waals surface area contributed by atoms with Crippen molar-refractivity contribution in [2.45, 2.75) is 13.0 Å². The first-order valence-electron chi connectivity index (χ1n) is 6.10. The Morgan fingerprint density at radius 3 is 2.58 bits per heavy atom. The zero-order valence-corrected chi connectivity index (χ0v) is 10.9. The maximum atomic E-state index is 13.6. The van der Waals surface area contributed by atoms with Gasteiger partial charge in [-0.3, -0.25) is 4.79 Å². The average molecular weight is 270 g/mol. The van der Waals surface area contributed by atoms with Crippen LogP contribution in [0.3, 0.4) is 0 Å². The predicted molar refractivity (Wildman–Crippen MR) is 67.2 cm³/mol. The number of carbonyl (C=O) groups is 1. The van der Waals surface area contributed by atoms with Crippen LogP contribution >= 0.6 is 0 Å². The van der Waals surface area contributed by atoms with Gasteiger partial charge in [-0.2, -0.15) is 0 Å². The van der Waals surface area contributed by atoms with Gasteiger partial charge in [0.1, 0.15) is 17.3 Å². The smallest absolute Gasteiger partial charge is 0.254 e. The molecule has 0 bridgehead atoms. The van der Waals surface area contributed by atoms with Crippen LogP contribution in [0.1, 0.15) is 17.3 Å². The molecule has 1 N–H and O–H groups in total. The summed E-state index contributed by atoms with van der Waals surface area (Å²) in [6.45, 7) is 3.14. The Labute approximate surface area is 110 Å². The molecule has 19 heavy (non-hydrogen) atoms. The number of benzene rings is 1. The SMILES string of the molecule is CNc1c(F)cc(C(=O)N2CCOCC2C)cc1F. The first-order valence-corrected chi connectivity index (χ1v) is 6.10. The monoisotopic (exact) mass is 270 g/mol. The zero-order chi connectivity index (χ0) is 14.0. The summed E-state index contributed by atoms with van der Waals surface area (Å²) in [6.07, 6.45) is 0. The molecule has 0 radical (unpaired) electrons. The number of anilines is 1. The molecular formula is C13H16F2N2O2. The van der Waals surface area contributed by atoms with Crippen LogP contribution in [0.5, 0.6) is 0 Å². The van der Waals surface area contributed by atoms with Crippen LogP contribution in [-0.4, -0.2) is 43.7 Å². The van der Waals surface area contributed by atoms with E-state index in [0.29, 0.717) is 19.8 Å². The molecule has 0 aliphatic carbocycles. The van der Waals surface area contributed by atoms with E-state index >= 15 is 0 Å². The van der Waals surface area contributed by atoms with E-state index in [9.17, 15) is 13.6 Å². The minimum atomic E-state index is -0.772. The lowest BCUT2D eigenvalue weighted by Gasteiger charge is -2.33. The van der Waals surface area contributed by atoms with Gasteiger partial charge >= 0.3 is 0 Å². The molecule has 0 aromatic heterocycles. The van der Waals surface area contributed by atoms with Crippen molar-refractivity contribution in [1.29, 1.82) is 0 Å². The topological polar surface area (TPSA) is 41.6 Å². The molecule has 1 aromatic carbocycles. The molecule has 1 fully saturated rings. The van der Waals surface area contributed by atoms with Crippen LogP contribution in [0.2, 0.25) is 0 Å². The lowest BCUT2D eigenvalue weighted by Crippen LogP contribution is -2.47. The van der Waals surface area contributed by atoms with E-state index in [2.05, 4.69) is 5.32 Å². The predicted octanol–water partition coefficient (Wildman–Crippen LogP) is 1.87. The molecule has 0 saturated carbocycles. The lowest BCUT2D eigenvalue weighted by atomic mass is 10.1. The summed E-state index contributed by atoms with van der Waals surface area (Å²) in [5.74, 6) is -1.92. The molecule has 2 rings (SSSR count). The van der Waals surface area contributed by atoms with Gasteiger partial charge in [-0.25, -0.2) is 8.78 Å². The molecule has 1 aromatic rings. The van der Waals surface area contributed by atoms with Crippen molar-refractivity contribution in [3.05, 3.63) is 29.3 Å². The third-order valence-corrected chi connectivity index (χ3v) is 3.17. The van der Waals surface area contributed by atoms with Crippen molar-refractivity contribution < 1.29 is 18.3 Å². The molecule has 0 spiro atoms. The first-order chi connectivity index (χ1) is 9.04. The Balaban J connectivity index is 2.28. The Kier molecular flexibility index (Phi) is 3.99. The number of hydrogen-bond donors (Lipinski definition) is 1. The highest BCUT2D eigenvalue weighted by Gasteiger charge is 2.26. The Hall–Kier alpha value is -1.69. The summed E-state index contributed by atoms with van der Waals surface area (Å²) in [5, 5.41) is 2.42. The van der Waals surface area contributed by atoms with Crippen molar-refractivity contribution >= 4 is 11.6 Å². The van der Waals surface area contributed by atoms with Crippen molar-refractivity contribution in [2.24, 2.45) is 0 Å². The van der Waals surface area contributed by atoms with Gasteiger partial charge in [0.15, 0.2) is 0 Å². The second-order valence-electron chi connectivity index (χ2n) is 4.49. The lowest BCUT2D eigenvalue weighted by molar-refractivity contribution is 0.00355. The van der Waals surface area contributed by atoms with Gasteiger partial charge in [-0.05, 0) is 19.1 Å². The number of rotatable bonds is 2. The van der Waals surface area contributed by atoms with E-state index in [-0.39, 0.29) is 23.2 Å². The number of ether oxygens (including phenoxy) is 1. The number of nitrogens with zero attached hydrogens (tertiary/aromatic N) is 1. The molecule has 1 unspecified atom stereocenters. The minimum absolute atomic E-state index is 0.0164. The Morgan fingerprint density at radius 1 is 1.42 bits per heavy atom. The molecule has 1 heterocycles. The van der Waals surface area contributed by atoms with Gasteiger partial charge in [0, 0.05) is 19.2 Å². The van der Waals surface area contributed by atoms with Crippen molar-refractivity contribution in [3.63, 3.8) is 0 Å². The maximum Gasteiger partial charge on any atom is 0.254 e. The highest BCUT2D eigenvalue weighted by atomic mass is 19.1. The number of halogens is 2. The van der Waals surface area contributed by atoms with Gasteiger partial charge in [0.05, 0.1) is 19.3 Å². The van der Waals surface area contributed by atoms with E-state index in [4.69, 9.17) is 4.74 Å². The second-order valence-corrected chi connectivity index (χ2v) is 4.49. The summed E-state index contributed by atoms with van der Waals surface area (Å²) >= 11 is 0. The third kappa shape index (κ3) is 2.68. The van der Waals surface area contributed by atoms with Crippen LogP contribution in [0.25, 0.3) is 0 Å². The normalized spacial score (nSPS) is 19.4. The summed E-state index contributed by atoms with van der Waals surface area (Å²) in [4.78, 5) is 13.8. The van der Waals surface area contributed by atoms with Gasteiger partial charge in [0.2, 0.25) is 0 Å². The fourth-order valence-corrected chi connectivity index (χ4v) is 2.13. The van der Waals surface area contributed by atoms with E-state index in [1.807, 2.05) is 6.92 Å². The van der Waals surface area contributed by atoms with Crippen LogP contribution < -0.4 is 5.32 Å². The molecule has 1 aliphatic heterocycles. The second kappa shape index (κ2) is 5.52. The quantitative estimate of drug-likeness (QED) is 0.892. The molecule has 1 aliphatic rings.